The predicted molar refractivity (Wildman–Crippen MR) is 82.1 cm³/mol. The van der Waals surface area contributed by atoms with E-state index in [0.717, 1.165) is 5.56 Å². The number of hydrogen-bond acceptors (Lipinski definition) is 3. The van der Waals surface area contributed by atoms with Gasteiger partial charge in [-0.05, 0) is 38.1 Å². The van der Waals surface area contributed by atoms with Crippen LogP contribution in [0.4, 0.5) is 10.5 Å². The molecular formula is C16H18N2O3. The first-order valence-electron chi connectivity index (χ1n) is 6.71. The van der Waals surface area contributed by atoms with Crippen LogP contribution in [0.2, 0.25) is 0 Å². The second-order valence-corrected chi connectivity index (χ2v) is 4.58. The number of carbonyl (C=O) groups excluding carboxylic acids is 1. The molecule has 5 nitrogen and oxygen atoms in total. The van der Waals surface area contributed by atoms with Crippen molar-refractivity contribution in [1.29, 1.82) is 0 Å². The standard InChI is InChI=1S/C16H18N2O3/c1-3-17-16(20)18-14-10-13(8-9-15(14)19)21-12-6-4-11(2)5-7-12/h4-10,19H,3H2,1-2H3,(H2,17,18,20). The van der Waals surface area contributed by atoms with E-state index in [0.29, 0.717) is 23.7 Å². The molecule has 0 aromatic heterocycles. The highest BCUT2D eigenvalue weighted by molar-refractivity contribution is 5.91. The van der Waals surface area contributed by atoms with Gasteiger partial charge in [-0.15, -0.1) is 0 Å². The fourth-order valence-corrected chi connectivity index (χ4v) is 1.75. The molecule has 0 aliphatic heterocycles. The third-order valence-electron chi connectivity index (χ3n) is 2.81. The topological polar surface area (TPSA) is 70.6 Å². The van der Waals surface area contributed by atoms with E-state index in [1.807, 2.05) is 38.1 Å². The molecule has 0 aliphatic carbocycles. The van der Waals surface area contributed by atoms with Crippen LogP contribution >= 0.6 is 0 Å². The number of phenols is 1. The summed E-state index contributed by atoms with van der Waals surface area (Å²) in [5.41, 5.74) is 1.44. The minimum Gasteiger partial charge on any atom is -0.506 e. The molecule has 0 heterocycles. The molecule has 0 atom stereocenters. The molecule has 0 fully saturated rings. The normalized spacial score (nSPS) is 10.0. The van der Waals surface area contributed by atoms with Gasteiger partial charge in [0.15, 0.2) is 0 Å². The maximum Gasteiger partial charge on any atom is 0.319 e. The summed E-state index contributed by atoms with van der Waals surface area (Å²) in [4.78, 5) is 11.5. The van der Waals surface area contributed by atoms with Gasteiger partial charge in [-0.25, -0.2) is 4.79 Å². The summed E-state index contributed by atoms with van der Waals surface area (Å²) in [7, 11) is 0. The number of amides is 2. The zero-order valence-corrected chi connectivity index (χ0v) is 12.0. The number of benzene rings is 2. The number of hydrogen-bond donors (Lipinski definition) is 3. The average Bonchev–Trinajstić information content (AvgIpc) is 2.45. The van der Waals surface area contributed by atoms with Crippen molar-refractivity contribution >= 4 is 11.7 Å². The quantitative estimate of drug-likeness (QED) is 0.751. The first-order chi connectivity index (χ1) is 10.1. The molecule has 0 bridgehead atoms. The number of carbonyl (C=O) groups is 1. The predicted octanol–water partition coefficient (Wildman–Crippen LogP) is 3.63. The summed E-state index contributed by atoms with van der Waals surface area (Å²) in [6.45, 7) is 4.32. The average molecular weight is 286 g/mol. The van der Waals surface area contributed by atoms with Crippen molar-refractivity contribution in [1.82, 2.24) is 5.32 Å². The van der Waals surface area contributed by atoms with Crippen molar-refractivity contribution in [2.75, 3.05) is 11.9 Å². The Bertz CT molecular complexity index is 624. The lowest BCUT2D eigenvalue weighted by Gasteiger charge is -2.11. The van der Waals surface area contributed by atoms with Gasteiger partial charge >= 0.3 is 6.03 Å². The minimum absolute atomic E-state index is 0.0162. The number of ether oxygens (including phenoxy) is 1. The Morgan fingerprint density at radius 1 is 1.14 bits per heavy atom. The lowest BCUT2D eigenvalue weighted by atomic mass is 10.2. The second-order valence-electron chi connectivity index (χ2n) is 4.58. The van der Waals surface area contributed by atoms with Gasteiger partial charge in [0.05, 0.1) is 5.69 Å². The largest absolute Gasteiger partial charge is 0.506 e. The minimum atomic E-state index is -0.375. The fourth-order valence-electron chi connectivity index (χ4n) is 1.75. The number of phenolic OH excluding ortho intramolecular Hbond substituents is 1. The Morgan fingerprint density at radius 3 is 2.48 bits per heavy atom. The van der Waals surface area contributed by atoms with Crippen molar-refractivity contribution in [2.24, 2.45) is 0 Å². The zero-order valence-electron chi connectivity index (χ0n) is 12.0. The van der Waals surface area contributed by atoms with E-state index in [-0.39, 0.29) is 11.8 Å². The maximum atomic E-state index is 11.5. The van der Waals surface area contributed by atoms with Crippen LogP contribution < -0.4 is 15.4 Å². The van der Waals surface area contributed by atoms with E-state index >= 15 is 0 Å². The maximum absolute atomic E-state index is 11.5. The van der Waals surface area contributed by atoms with Gasteiger partial charge in [0, 0.05) is 12.6 Å². The number of aryl methyl sites for hydroxylation is 1. The van der Waals surface area contributed by atoms with E-state index in [4.69, 9.17) is 4.74 Å². The van der Waals surface area contributed by atoms with E-state index in [1.165, 1.54) is 6.07 Å². The van der Waals surface area contributed by atoms with E-state index in [2.05, 4.69) is 10.6 Å². The Hall–Kier alpha value is -2.69. The summed E-state index contributed by atoms with van der Waals surface area (Å²) in [6, 6.07) is 11.9. The van der Waals surface area contributed by atoms with Gasteiger partial charge in [-0.2, -0.15) is 0 Å². The van der Waals surface area contributed by atoms with E-state index in [1.54, 1.807) is 12.1 Å². The van der Waals surface area contributed by atoms with Crippen LogP contribution in [0.3, 0.4) is 0 Å². The highest BCUT2D eigenvalue weighted by Crippen LogP contribution is 2.30. The van der Waals surface area contributed by atoms with Gasteiger partial charge in [0.25, 0.3) is 0 Å². The molecule has 0 saturated heterocycles. The Kier molecular flexibility index (Phi) is 4.66. The van der Waals surface area contributed by atoms with Crippen molar-refractivity contribution in [2.45, 2.75) is 13.8 Å². The summed E-state index contributed by atoms with van der Waals surface area (Å²) in [5, 5.41) is 14.9. The van der Waals surface area contributed by atoms with Crippen LogP contribution in [0.15, 0.2) is 42.5 Å². The molecule has 2 rings (SSSR count). The zero-order chi connectivity index (χ0) is 15.2. The lowest BCUT2D eigenvalue weighted by Crippen LogP contribution is -2.28. The molecule has 2 aromatic rings. The molecule has 0 unspecified atom stereocenters. The smallest absolute Gasteiger partial charge is 0.319 e. The fraction of sp³-hybridized carbons (Fsp3) is 0.188. The molecule has 0 saturated carbocycles. The third-order valence-corrected chi connectivity index (χ3v) is 2.81. The van der Waals surface area contributed by atoms with Crippen molar-refractivity contribution < 1.29 is 14.6 Å². The molecule has 21 heavy (non-hydrogen) atoms. The summed E-state index contributed by atoms with van der Waals surface area (Å²) >= 11 is 0. The molecule has 0 radical (unpaired) electrons. The molecule has 0 aliphatic rings. The monoisotopic (exact) mass is 286 g/mol. The summed E-state index contributed by atoms with van der Waals surface area (Å²) in [5.74, 6) is 1.20. The van der Waals surface area contributed by atoms with Gasteiger partial charge in [0.2, 0.25) is 0 Å². The highest BCUT2D eigenvalue weighted by Gasteiger charge is 2.07. The van der Waals surface area contributed by atoms with Crippen LogP contribution in [0, 0.1) is 6.92 Å². The highest BCUT2D eigenvalue weighted by atomic mass is 16.5. The van der Waals surface area contributed by atoms with Crippen molar-refractivity contribution in [3.63, 3.8) is 0 Å². The Balaban J connectivity index is 2.14. The Labute approximate surface area is 123 Å². The molecule has 0 spiro atoms. The van der Waals surface area contributed by atoms with Gasteiger partial charge in [-0.3, -0.25) is 0 Å². The molecular weight excluding hydrogens is 268 g/mol. The van der Waals surface area contributed by atoms with Crippen LogP contribution in [0.5, 0.6) is 17.2 Å². The number of aromatic hydroxyl groups is 1. The van der Waals surface area contributed by atoms with Crippen LogP contribution in [0.25, 0.3) is 0 Å². The van der Waals surface area contributed by atoms with Crippen molar-refractivity contribution in [3.05, 3.63) is 48.0 Å². The Morgan fingerprint density at radius 2 is 1.81 bits per heavy atom. The number of urea groups is 1. The van der Waals surface area contributed by atoms with E-state index in [9.17, 15) is 9.90 Å². The second kappa shape index (κ2) is 6.65. The first kappa shape index (κ1) is 14.7. The van der Waals surface area contributed by atoms with Gasteiger partial charge < -0.3 is 20.5 Å². The molecule has 5 heteroatoms. The third kappa shape index (κ3) is 4.14. The number of nitrogens with one attached hydrogen (secondary N) is 2. The van der Waals surface area contributed by atoms with Gasteiger partial charge in [0.1, 0.15) is 17.2 Å². The number of anilines is 1. The van der Waals surface area contributed by atoms with Crippen LogP contribution in [0.1, 0.15) is 12.5 Å². The number of rotatable bonds is 4. The summed E-state index contributed by atoms with van der Waals surface area (Å²) in [6.07, 6.45) is 0. The van der Waals surface area contributed by atoms with Crippen LogP contribution in [-0.2, 0) is 0 Å². The van der Waals surface area contributed by atoms with Crippen molar-refractivity contribution in [3.8, 4) is 17.2 Å². The molecule has 110 valence electrons. The summed E-state index contributed by atoms with van der Waals surface area (Å²) < 4.78 is 5.69. The van der Waals surface area contributed by atoms with Gasteiger partial charge in [-0.1, -0.05) is 17.7 Å². The van der Waals surface area contributed by atoms with Crippen LogP contribution in [-0.4, -0.2) is 17.7 Å². The SMILES string of the molecule is CCNC(=O)Nc1cc(Oc2ccc(C)cc2)ccc1O. The molecule has 2 aromatic carbocycles. The molecule has 3 N–H and O–H groups in total. The first-order valence-corrected chi connectivity index (χ1v) is 6.71. The lowest BCUT2D eigenvalue weighted by molar-refractivity contribution is 0.252. The van der Waals surface area contributed by atoms with E-state index < -0.39 is 0 Å². The molecule has 2 amide bonds.